The zero-order chi connectivity index (χ0) is 14.5. The molecule has 2 rings (SSSR count). The van der Waals surface area contributed by atoms with Crippen LogP contribution in [0, 0.1) is 6.92 Å². The van der Waals surface area contributed by atoms with Gasteiger partial charge in [0.1, 0.15) is 5.56 Å². The lowest BCUT2D eigenvalue weighted by molar-refractivity contribution is 0.0525. The summed E-state index contributed by atoms with van der Waals surface area (Å²) in [6, 6.07) is 3.43. The second kappa shape index (κ2) is 6.14. The van der Waals surface area contributed by atoms with Crippen molar-refractivity contribution in [1.29, 1.82) is 0 Å². The number of hydrogen-bond acceptors (Lipinski definition) is 6. The van der Waals surface area contributed by atoms with Gasteiger partial charge in [-0.3, -0.25) is 0 Å². The molecule has 0 unspecified atom stereocenters. The number of esters is 1. The van der Waals surface area contributed by atoms with Gasteiger partial charge in [-0.25, -0.2) is 9.48 Å². The Morgan fingerprint density at radius 1 is 1.25 bits per heavy atom. The highest BCUT2D eigenvalue weighted by Crippen LogP contribution is 2.14. The maximum Gasteiger partial charge on any atom is 0.341 e. The molecule has 2 aromatic rings. The van der Waals surface area contributed by atoms with Crippen LogP contribution in [0.3, 0.4) is 0 Å². The molecule has 2 aromatic heterocycles. The summed E-state index contributed by atoms with van der Waals surface area (Å²) in [7, 11) is 0. The van der Waals surface area contributed by atoms with Crippen LogP contribution in [0.4, 0.5) is 0 Å². The Balaban J connectivity index is 2.27. The van der Waals surface area contributed by atoms with Gasteiger partial charge in [-0.2, -0.15) is 5.10 Å². The van der Waals surface area contributed by atoms with Crippen molar-refractivity contribution in [3.63, 3.8) is 0 Å². The molecular weight excluding hydrogens is 260 g/mol. The van der Waals surface area contributed by atoms with Gasteiger partial charge in [0.25, 0.3) is 0 Å². The van der Waals surface area contributed by atoms with Gasteiger partial charge in [-0.15, -0.1) is 10.2 Å². The molecule has 0 bridgehead atoms. The highest BCUT2D eigenvalue weighted by molar-refractivity contribution is 5.90. The Labute approximate surface area is 116 Å². The van der Waals surface area contributed by atoms with Gasteiger partial charge >= 0.3 is 5.97 Å². The van der Waals surface area contributed by atoms with E-state index in [4.69, 9.17) is 9.47 Å². The molecule has 0 aromatic carbocycles. The van der Waals surface area contributed by atoms with Gasteiger partial charge in [0.2, 0.25) is 5.88 Å². The minimum absolute atomic E-state index is 0.326. The van der Waals surface area contributed by atoms with Crippen LogP contribution in [0.2, 0.25) is 0 Å². The molecule has 0 amide bonds. The Kier molecular flexibility index (Phi) is 4.29. The highest BCUT2D eigenvalue weighted by atomic mass is 16.5. The van der Waals surface area contributed by atoms with E-state index < -0.39 is 5.97 Å². The summed E-state index contributed by atoms with van der Waals surface area (Å²) >= 11 is 0. The molecule has 0 N–H and O–H groups in total. The smallest absolute Gasteiger partial charge is 0.341 e. The number of rotatable bonds is 5. The van der Waals surface area contributed by atoms with Crippen LogP contribution in [0.25, 0.3) is 5.82 Å². The Hall–Kier alpha value is -2.44. The van der Waals surface area contributed by atoms with Crippen LogP contribution in [-0.2, 0) is 4.74 Å². The maximum atomic E-state index is 11.7. The summed E-state index contributed by atoms with van der Waals surface area (Å²) in [5.41, 5.74) is 1.07. The topological polar surface area (TPSA) is 79.1 Å². The summed E-state index contributed by atoms with van der Waals surface area (Å²) < 4.78 is 11.7. The maximum absolute atomic E-state index is 11.7. The first-order valence-electron chi connectivity index (χ1n) is 6.36. The lowest BCUT2D eigenvalue weighted by Gasteiger charge is -2.05. The lowest BCUT2D eigenvalue weighted by atomic mass is 10.2. The summed E-state index contributed by atoms with van der Waals surface area (Å²) in [4.78, 5) is 11.7. The fraction of sp³-hybridized carbons (Fsp3) is 0.385. The summed E-state index contributed by atoms with van der Waals surface area (Å²) in [5, 5.41) is 12.1. The van der Waals surface area contributed by atoms with Crippen molar-refractivity contribution in [1.82, 2.24) is 20.0 Å². The van der Waals surface area contributed by atoms with Crippen molar-refractivity contribution < 1.29 is 14.3 Å². The van der Waals surface area contributed by atoms with E-state index in [-0.39, 0.29) is 0 Å². The molecule has 106 valence electrons. The molecule has 2 heterocycles. The van der Waals surface area contributed by atoms with E-state index in [0.717, 1.165) is 0 Å². The standard InChI is InChI=1S/C13H16N4O3/c1-4-19-12-7-6-11(15-16-12)17-9(3)10(8-14-17)13(18)20-5-2/h6-8H,4-5H2,1-3H3. The number of aromatic nitrogens is 4. The van der Waals surface area contributed by atoms with Crippen molar-refractivity contribution in [3.8, 4) is 11.7 Å². The first kappa shape index (κ1) is 14.0. The zero-order valence-corrected chi connectivity index (χ0v) is 11.7. The summed E-state index contributed by atoms with van der Waals surface area (Å²) in [5.74, 6) is 0.573. The van der Waals surface area contributed by atoms with Crippen LogP contribution < -0.4 is 4.74 Å². The molecular formula is C13H16N4O3. The summed E-state index contributed by atoms with van der Waals surface area (Å²) in [6.07, 6.45) is 1.46. The molecule has 0 atom stereocenters. The van der Waals surface area contributed by atoms with Gasteiger partial charge in [-0.05, 0) is 26.8 Å². The van der Waals surface area contributed by atoms with E-state index in [0.29, 0.717) is 36.2 Å². The number of carbonyl (C=O) groups excluding carboxylic acids is 1. The van der Waals surface area contributed by atoms with Crippen molar-refractivity contribution in [2.75, 3.05) is 13.2 Å². The molecule has 7 nitrogen and oxygen atoms in total. The average Bonchev–Trinajstić information content (AvgIpc) is 2.82. The van der Waals surface area contributed by atoms with Crippen LogP contribution in [0.15, 0.2) is 18.3 Å². The molecule has 20 heavy (non-hydrogen) atoms. The van der Waals surface area contributed by atoms with Crippen molar-refractivity contribution >= 4 is 5.97 Å². The SMILES string of the molecule is CCOC(=O)c1cnn(-c2ccc(OCC)nn2)c1C. The molecule has 7 heteroatoms. The molecule has 0 radical (unpaired) electrons. The molecule has 0 aliphatic heterocycles. The van der Waals surface area contributed by atoms with Gasteiger partial charge in [0.15, 0.2) is 5.82 Å². The minimum Gasteiger partial charge on any atom is -0.477 e. The second-order valence-corrected chi connectivity index (χ2v) is 3.94. The van der Waals surface area contributed by atoms with Gasteiger partial charge in [0, 0.05) is 6.07 Å². The molecule has 0 aliphatic carbocycles. The molecule has 0 saturated carbocycles. The van der Waals surface area contributed by atoms with E-state index in [1.165, 1.54) is 10.9 Å². The molecule has 0 aliphatic rings. The van der Waals surface area contributed by atoms with Crippen LogP contribution in [-0.4, -0.2) is 39.2 Å². The highest BCUT2D eigenvalue weighted by Gasteiger charge is 2.16. The van der Waals surface area contributed by atoms with Gasteiger partial charge in [-0.1, -0.05) is 0 Å². The molecule has 0 spiro atoms. The van der Waals surface area contributed by atoms with E-state index in [1.807, 2.05) is 6.92 Å². The van der Waals surface area contributed by atoms with Gasteiger partial charge in [0.05, 0.1) is 25.1 Å². The van der Waals surface area contributed by atoms with E-state index in [9.17, 15) is 4.79 Å². The lowest BCUT2D eigenvalue weighted by Crippen LogP contribution is -2.08. The number of ether oxygens (including phenoxy) is 2. The first-order valence-corrected chi connectivity index (χ1v) is 6.36. The zero-order valence-electron chi connectivity index (χ0n) is 11.7. The Morgan fingerprint density at radius 3 is 2.65 bits per heavy atom. The van der Waals surface area contributed by atoms with E-state index in [1.54, 1.807) is 26.0 Å². The van der Waals surface area contributed by atoms with Gasteiger partial charge < -0.3 is 9.47 Å². The Morgan fingerprint density at radius 2 is 2.05 bits per heavy atom. The largest absolute Gasteiger partial charge is 0.477 e. The normalized spacial score (nSPS) is 10.3. The van der Waals surface area contributed by atoms with Crippen LogP contribution >= 0.6 is 0 Å². The third kappa shape index (κ3) is 2.76. The molecule has 0 saturated heterocycles. The first-order chi connectivity index (χ1) is 9.67. The summed E-state index contributed by atoms with van der Waals surface area (Å²) in [6.45, 7) is 6.26. The van der Waals surface area contributed by atoms with Crippen LogP contribution in [0.1, 0.15) is 29.9 Å². The van der Waals surface area contributed by atoms with Crippen LogP contribution in [0.5, 0.6) is 5.88 Å². The predicted molar refractivity (Wildman–Crippen MR) is 71.0 cm³/mol. The van der Waals surface area contributed by atoms with E-state index >= 15 is 0 Å². The number of nitrogens with zero attached hydrogens (tertiary/aromatic N) is 4. The van der Waals surface area contributed by atoms with Crippen molar-refractivity contribution in [3.05, 3.63) is 29.6 Å². The monoisotopic (exact) mass is 276 g/mol. The van der Waals surface area contributed by atoms with Crippen molar-refractivity contribution in [2.24, 2.45) is 0 Å². The fourth-order valence-electron chi connectivity index (χ4n) is 1.70. The average molecular weight is 276 g/mol. The quantitative estimate of drug-likeness (QED) is 0.771. The minimum atomic E-state index is -0.393. The number of hydrogen-bond donors (Lipinski definition) is 0. The Bertz CT molecular complexity index is 592. The van der Waals surface area contributed by atoms with Crippen molar-refractivity contribution in [2.45, 2.75) is 20.8 Å². The third-order valence-electron chi connectivity index (χ3n) is 2.64. The predicted octanol–water partition coefficient (Wildman–Crippen LogP) is 1.55. The fourth-order valence-corrected chi connectivity index (χ4v) is 1.70. The third-order valence-corrected chi connectivity index (χ3v) is 2.64. The molecule has 0 fully saturated rings. The second-order valence-electron chi connectivity index (χ2n) is 3.94. The number of carbonyl (C=O) groups is 1. The van der Waals surface area contributed by atoms with E-state index in [2.05, 4.69) is 15.3 Å².